The van der Waals surface area contributed by atoms with Crippen molar-refractivity contribution in [2.45, 2.75) is 45.2 Å². The summed E-state index contributed by atoms with van der Waals surface area (Å²) < 4.78 is 0. The van der Waals surface area contributed by atoms with Gasteiger partial charge in [-0.15, -0.1) is 0 Å². The van der Waals surface area contributed by atoms with E-state index in [9.17, 15) is 0 Å². The Kier molecular flexibility index (Phi) is 4.17. The summed E-state index contributed by atoms with van der Waals surface area (Å²) in [7, 11) is 0. The van der Waals surface area contributed by atoms with Gasteiger partial charge in [-0.05, 0) is 37.9 Å². The van der Waals surface area contributed by atoms with Crippen LogP contribution >= 0.6 is 0 Å². The number of likely N-dealkylation sites (tertiary alicyclic amines) is 1. The number of nitrogens with zero attached hydrogens (tertiary/aromatic N) is 2. The number of hydrogen-bond donors (Lipinski definition) is 0. The van der Waals surface area contributed by atoms with E-state index in [1.54, 1.807) is 0 Å². The first kappa shape index (κ1) is 12.1. The largest absolute Gasteiger partial charge is 0.296 e. The van der Waals surface area contributed by atoms with Crippen molar-refractivity contribution in [3.05, 3.63) is 35.4 Å². The molecule has 0 bridgehead atoms. The highest BCUT2D eigenvalue weighted by atomic mass is 15.1. The molecule has 1 unspecified atom stereocenters. The molecule has 1 saturated heterocycles. The monoisotopic (exact) mass is 228 g/mol. The highest BCUT2D eigenvalue weighted by Crippen LogP contribution is 2.20. The standard InChI is InChI=1S/C15H20N2/c1-13-7-3-2-6-10-17(13)12-15-9-5-4-8-14(15)11-16/h4-5,8-9,13H,2-3,6-7,10,12H2,1H3. The summed E-state index contributed by atoms with van der Waals surface area (Å²) in [6.45, 7) is 4.39. The summed E-state index contributed by atoms with van der Waals surface area (Å²) in [4.78, 5) is 2.52. The van der Waals surface area contributed by atoms with Gasteiger partial charge in [0.25, 0.3) is 0 Å². The van der Waals surface area contributed by atoms with E-state index in [2.05, 4.69) is 24.0 Å². The van der Waals surface area contributed by atoms with E-state index < -0.39 is 0 Å². The number of rotatable bonds is 2. The van der Waals surface area contributed by atoms with Gasteiger partial charge in [-0.25, -0.2) is 0 Å². The minimum atomic E-state index is 0.643. The molecule has 0 amide bonds. The molecule has 0 radical (unpaired) electrons. The number of hydrogen-bond acceptors (Lipinski definition) is 2. The Morgan fingerprint density at radius 3 is 2.94 bits per heavy atom. The van der Waals surface area contributed by atoms with Gasteiger partial charge in [-0.1, -0.05) is 31.0 Å². The van der Waals surface area contributed by atoms with Gasteiger partial charge in [0.05, 0.1) is 11.6 Å². The van der Waals surface area contributed by atoms with Crippen molar-refractivity contribution in [1.29, 1.82) is 5.26 Å². The van der Waals surface area contributed by atoms with E-state index in [1.165, 1.54) is 37.8 Å². The Morgan fingerprint density at radius 2 is 2.12 bits per heavy atom. The van der Waals surface area contributed by atoms with Crippen molar-refractivity contribution in [1.82, 2.24) is 4.90 Å². The van der Waals surface area contributed by atoms with Crippen LogP contribution in [-0.4, -0.2) is 17.5 Å². The van der Waals surface area contributed by atoms with Crippen LogP contribution in [-0.2, 0) is 6.54 Å². The molecule has 0 N–H and O–H groups in total. The zero-order chi connectivity index (χ0) is 12.1. The van der Waals surface area contributed by atoms with Crippen LogP contribution in [0, 0.1) is 11.3 Å². The fourth-order valence-corrected chi connectivity index (χ4v) is 2.56. The normalized spacial score (nSPS) is 21.8. The van der Waals surface area contributed by atoms with Gasteiger partial charge in [0, 0.05) is 12.6 Å². The van der Waals surface area contributed by atoms with Gasteiger partial charge >= 0.3 is 0 Å². The van der Waals surface area contributed by atoms with Crippen LogP contribution in [0.4, 0.5) is 0 Å². The Balaban J connectivity index is 2.11. The predicted molar refractivity (Wildman–Crippen MR) is 69.5 cm³/mol. The topological polar surface area (TPSA) is 27.0 Å². The molecule has 1 atom stereocenters. The third-order valence-electron chi connectivity index (χ3n) is 3.70. The second-order valence-electron chi connectivity index (χ2n) is 4.94. The Labute approximate surface area is 104 Å². The number of benzene rings is 1. The maximum Gasteiger partial charge on any atom is 0.0995 e. The first-order valence-electron chi connectivity index (χ1n) is 6.53. The molecule has 0 saturated carbocycles. The first-order valence-corrected chi connectivity index (χ1v) is 6.53. The smallest absolute Gasteiger partial charge is 0.0995 e. The van der Waals surface area contributed by atoms with Gasteiger partial charge in [0.2, 0.25) is 0 Å². The van der Waals surface area contributed by atoms with Crippen molar-refractivity contribution in [2.24, 2.45) is 0 Å². The van der Waals surface area contributed by atoms with E-state index in [-0.39, 0.29) is 0 Å². The zero-order valence-electron chi connectivity index (χ0n) is 10.5. The van der Waals surface area contributed by atoms with E-state index in [0.717, 1.165) is 12.1 Å². The Morgan fingerprint density at radius 1 is 1.29 bits per heavy atom. The molecule has 0 aliphatic carbocycles. The maximum atomic E-state index is 9.10. The van der Waals surface area contributed by atoms with Crippen LogP contribution in [0.5, 0.6) is 0 Å². The first-order chi connectivity index (χ1) is 8.31. The molecular formula is C15H20N2. The highest BCUT2D eigenvalue weighted by molar-refractivity contribution is 5.37. The molecule has 0 aromatic heterocycles. The summed E-state index contributed by atoms with van der Waals surface area (Å²) in [6, 6.07) is 10.9. The molecule has 1 aliphatic rings. The molecule has 1 heterocycles. The third-order valence-corrected chi connectivity index (χ3v) is 3.70. The van der Waals surface area contributed by atoms with Crippen molar-refractivity contribution >= 4 is 0 Å². The molecule has 1 aliphatic heterocycles. The van der Waals surface area contributed by atoms with Gasteiger partial charge in [0.1, 0.15) is 0 Å². The number of nitriles is 1. The molecule has 2 nitrogen and oxygen atoms in total. The Bertz CT molecular complexity index is 406. The van der Waals surface area contributed by atoms with Gasteiger partial charge < -0.3 is 0 Å². The van der Waals surface area contributed by atoms with Crippen LogP contribution in [0.15, 0.2) is 24.3 Å². The molecule has 17 heavy (non-hydrogen) atoms. The minimum absolute atomic E-state index is 0.643. The average molecular weight is 228 g/mol. The van der Waals surface area contributed by atoms with Crippen LogP contribution < -0.4 is 0 Å². The van der Waals surface area contributed by atoms with Gasteiger partial charge in [0.15, 0.2) is 0 Å². The summed E-state index contributed by atoms with van der Waals surface area (Å²) >= 11 is 0. The minimum Gasteiger partial charge on any atom is -0.296 e. The van der Waals surface area contributed by atoms with Crippen molar-refractivity contribution in [3.8, 4) is 6.07 Å². The lowest BCUT2D eigenvalue weighted by atomic mass is 10.1. The maximum absolute atomic E-state index is 9.10. The van der Waals surface area contributed by atoms with Gasteiger partial charge in [-0.3, -0.25) is 4.90 Å². The fraction of sp³-hybridized carbons (Fsp3) is 0.533. The summed E-state index contributed by atoms with van der Waals surface area (Å²) in [6.07, 6.45) is 5.27. The van der Waals surface area contributed by atoms with E-state index in [1.807, 2.05) is 18.2 Å². The van der Waals surface area contributed by atoms with Crippen LogP contribution in [0.2, 0.25) is 0 Å². The van der Waals surface area contributed by atoms with Crippen molar-refractivity contribution < 1.29 is 0 Å². The van der Waals surface area contributed by atoms with Crippen LogP contribution in [0.3, 0.4) is 0 Å². The molecule has 2 rings (SSSR count). The average Bonchev–Trinajstić information content (AvgIpc) is 2.56. The molecule has 1 fully saturated rings. The summed E-state index contributed by atoms with van der Waals surface area (Å²) in [5.41, 5.74) is 1.99. The molecule has 1 aromatic carbocycles. The lowest BCUT2D eigenvalue weighted by Gasteiger charge is -2.27. The molecular weight excluding hydrogens is 208 g/mol. The SMILES string of the molecule is CC1CCCCCN1Cc1ccccc1C#N. The lowest BCUT2D eigenvalue weighted by molar-refractivity contribution is 0.205. The molecule has 2 heteroatoms. The fourth-order valence-electron chi connectivity index (χ4n) is 2.56. The second-order valence-corrected chi connectivity index (χ2v) is 4.94. The van der Waals surface area contributed by atoms with E-state index >= 15 is 0 Å². The van der Waals surface area contributed by atoms with Crippen molar-refractivity contribution in [3.63, 3.8) is 0 Å². The second kappa shape index (κ2) is 5.84. The molecule has 90 valence electrons. The quantitative estimate of drug-likeness (QED) is 0.776. The zero-order valence-corrected chi connectivity index (χ0v) is 10.5. The third kappa shape index (κ3) is 3.08. The van der Waals surface area contributed by atoms with E-state index in [4.69, 9.17) is 5.26 Å². The van der Waals surface area contributed by atoms with Crippen LogP contribution in [0.1, 0.15) is 43.7 Å². The van der Waals surface area contributed by atoms with Crippen molar-refractivity contribution in [2.75, 3.05) is 6.54 Å². The predicted octanol–water partition coefficient (Wildman–Crippen LogP) is 3.32. The molecule has 0 spiro atoms. The van der Waals surface area contributed by atoms with Gasteiger partial charge in [-0.2, -0.15) is 5.26 Å². The molecule has 1 aromatic rings. The summed E-state index contributed by atoms with van der Waals surface area (Å²) in [5, 5.41) is 9.10. The summed E-state index contributed by atoms with van der Waals surface area (Å²) in [5.74, 6) is 0. The Hall–Kier alpha value is -1.33. The highest BCUT2D eigenvalue weighted by Gasteiger charge is 2.17. The lowest BCUT2D eigenvalue weighted by Crippen LogP contribution is -2.32. The van der Waals surface area contributed by atoms with E-state index in [0.29, 0.717) is 6.04 Å². The van der Waals surface area contributed by atoms with Crippen LogP contribution in [0.25, 0.3) is 0 Å².